The molecule has 0 fully saturated rings. The van der Waals surface area contributed by atoms with E-state index in [1.165, 1.54) is 0 Å². The second-order valence-electron chi connectivity index (χ2n) is 4.68. The van der Waals surface area contributed by atoms with Gasteiger partial charge < -0.3 is 0 Å². The number of nitrogens with zero attached hydrogens (tertiary/aromatic N) is 3. The molecule has 0 unspecified atom stereocenters. The first kappa shape index (κ1) is 16.5. The lowest BCUT2D eigenvalue weighted by molar-refractivity contribution is 0.932. The van der Waals surface area contributed by atoms with Crippen molar-refractivity contribution < 1.29 is 0 Å². The minimum atomic E-state index is -1.74. The zero-order valence-electron chi connectivity index (χ0n) is 11.5. The standard InChI is InChI=1S/C16H9Cl4N3/c17-12-8-6-11(7-9-12)14-21-13(10-4-2-1-3-5-10)22-15(23-14)16(18,19)20/h1-9H. The summed E-state index contributed by atoms with van der Waals surface area (Å²) in [4.78, 5) is 13.0. The molecule has 0 bridgehead atoms. The van der Waals surface area contributed by atoms with Crippen LogP contribution >= 0.6 is 46.4 Å². The van der Waals surface area contributed by atoms with Crippen molar-refractivity contribution in [2.45, 2.75) is 3.79 Å². The van der Waals surface area contributed by atoms with Gasteiger partial charge in [0.2, 0.25) is 3.79 Å². The van der Waals surface area contributed by atoms with Crippen molar-refractivity contribution in [3.63, 3.8) is 0 Å². The van der Waals surface area contributed by atoms with Gasteiger partial charge in [-0.05, 0) is 24.3 Å². The molecule has 0 saturated heterocycles. The Morgan fingerprint density at radius 1 is 0.652 bits per heavy atom. The van der Waals surface area contributed by atoms with Crippen molar-refractivity contribution in [1.29, 1.82) is 0 Å². The van der Waals surface area contributed by atoms with E-state index in [0.29, 0.717) is 16.7 Å². The highest BCUT2D eigenvalue weighted by molar-refractivity contribution is 6.66. The van der Waals surface area contributed by atoms with E-state index in [4.69, 9.17) is 46.4 Å². The molecule has 1 heterocycles. The van der Waals surface area contributed by atoms with E-state index in [1.807, 2.05) is 30.3 Å². The number of hydrogen-bond acceptors (Lipinski definition) is 3. The summed E-state index contributed by atoms with van der Waals surface area (Å²) in [6, 6.07) is 16.5. The monoisotopic (exact) mass is 383 g/mol. The molecule has 3 nitrogen and oxygen atoms in total. The Morgan fingerprint density at radius 3 is 1.70 bits per heavy atom. The third-order valence-electron chi connectivity index (χ3n) is 3.02. The molecule has 7 heteroatoms. The van der Waals surface area contributed by atoms with Crippen molar-refractivity contribution in [2.24, 2.45) is 0 Å². The fraction of sp³-hybridized carbons (Fsp3) is 0.0625. The van der Waals surface area contributed by atoms with Crippen LogP contribution in [0.25, 0.3) is 22.8 Å². The summed E-state index contributed by atoms with van der Waals surface area (Å²) in [5, 5.41) is 0.618. The molecule has 0 saturated carbocycles. The fourth-order valence-corrected chi connectivity index (χ4v) is 2.33. The molecule has 116 valence electrons. The third-order valence-corrected chi connectivity index (χ3v) is 3.78. The molecule has 0 radical (unpaired) electrons. The van der Waals surface area contributed by atoms with Crippen molar-refractivity contribution >= 4 is 46.4 Å². The number of halogens is 4. The highest BCUT2D eigenvalue weighted by Crippen LogP contribution is 2.37. The topological polar surface area (TPSA) is 38.7 Å². The number of benzene rings is 2. The van der Waals surface area contributed by atoms with Gasteiger partial charge in [-0.15, -0.1) is 0 Å². The summed E-state index contributed by atoms with van der Waals surface area (Å²) in [7, 11) is 0. The quantitative estimate of drug-likeness (QED) is 0.533. The smallest absolute Gasteiger partial charge is 0.208 e. The maximum absolute atomic E-state index is 5.96. The Hall–Kier alpha value is -1.39. The predicted octanol–water partition coefficient (Wildman–Crippen LogP) is 5.69. The van der Waals surface area contributed by atoms with Crippen LogP contribution in [0.5, 0.6) is 0 Å². The van der Waals surface area contributed by atoms with E-state index >= 15 is 0 Å². The first-order chi connectivity index (χ1) is 10.9. The van der Waals surface area contributed by atoms with E-state index in [1.54, 1.807) is 24.3 Å². The summed E-state index contributed by atoms with van der Waals surface area (Å²) < 4.78 is -1.74. The number of alkyl halides is 3. The van der Waals surface area contributed by atoms with Crippen LogP contribution in [0.15, 0.2) is 54.6 Å². The highest BCUT2D eigenvalue weighted by Gasteiger charge is 2.28. The van der Waals surface area contributed by atoms with Crippen LogP contribution < -0.4 is 0 Å². The first-order valence-electron chi connectivity index (χ1n) is 6.58. The second-order valence-corrected chi connectivity index (χ2v) is 7.39. The predicted molar refractivity (Wildman–Crippen MR) is 94.9 cm³/mol. The lowest BCUT2D eigenvalue weighted by atomic mass is 10.2. The second kappa shape index (κ2) is 6.62. The molecule has 3 aromatic rings. The van der Waals surface area contributed by atoms with Crippen LogP contribution in [0.3, 0.4) is 0 Å². The number of hydrogen-bond donors (Lipinski definition) is 0. The van der Waals surface area contributed by atoms with E-state index in [2.05, 4.69) is 15.0 Å². The minimum Gasteiger partial charge on any atom is -0.208 e. The Morgan fingerprint density at radius 2 is 1.17 bits per heavy atom. The summed E-state index contributed by atoms with van der Waals surface area (Å²) in [6.07, 6.45) is 0. The summed E-state index contributed by atoms with van der Waals surface area (Å²) >= 11 is 23.8. The van der Waals surface area contributed by atoms with Crippen LogP contribution in [0.1, 0.15) is 5.82 Å². The Balaban J connectivity index is 2.18. The average Bonchev–Trinajstić information content (AvgIpc) is 2.55. The fourth-order valence-electron chi connectivity index (χ4n) is 1.95. The molecule has 0 aliphatic rings. The van der Waals surface area contributed by atoms with Crippen LogP contribution in [-0.2, 0) is 3.79 Å². The van der Waals surface area contributed by atoms with E-state index in [-0.39, 0.29) is 5.82 Å². The van der Waals surface area contributed by atoms with Crippen molar-refractivity contribution in [3.05, 3.63) is 65.4 Å². The molecule has 2 aromatic carbocycles. The van der Waals surface area contributed by atoms with E-state index in [9.17, 15) is 0 Å². The van der Waals surface area contributed by atoms with Gasteiger partial charge in [0.05, 0.1) is 0 Å². The van der Waals surface area contributed by atoms with Gasteiger partial charge in [-0.1, -0.05) is 76.7 Å². The van der Waals surface area contributed by atoms with Gasteiger partial charge in [-0.25, -0.2) is 15.0 Å². The molecule has 0 aliphatic carbocycles. The van der Waals surface area contributed by atoms with Gasteiger partial charge in [-0.2, -0.15) is 0 Å². The number of rotatable bonds is 2. The normalized spacial score (nSPS) is 11.5. The molecule has 0 atom stereocenters. The van der Waals surface area contributed by atoms with Crippen LogP contribution in [0.4, 0.5) is 0 Å². The average molecular weight is 385 g/mol. The summed E-state index contributed by atoms with van der Waals surface area (Å²) in [5.74, 6) is 0.921. The SMILES string of the molecule is Clc1ccc(-c2nc(-c3ccccc3)nc(C(Cl)(Cl)Cl)n2)cc1. The van der Waals surface area contributed by atoms with Crippen LogP contribution in [0, 0.1) is 0 Å². The Kier molecular flexibility index (Phi) is 4.74. The molecule has 3 rings (SSSR count). The van der Waals surface area contributed by atoms with Crippen molar-refractivity contribution in [1.82, 2.24) is 15.0 Å². The maximum Gasteiger partial charge on any atom is 0.250 e. The molecule has 1 aromatic heterocycles. The van der Waals surface area contributed by atoms with E-state index in [0.717, 1.165) is 11.1 Å². The molecular formula is C16H9Cl4N3. The summed E-state index contributed by atoms with van der Waals surface area (Å²) in [6.45, 7) is 0. The largest absolute Gasteiger partial charge is 0.250 e. The third kappa shape index (κ3) is 3.93. The molecule has 0 N–H and O–H groups in total. The zero-order chi connectivity index (χ0) is 16.4. The van der Waals surface area contributed by atoms with Crippen LogP contribution in [-0.4, -0.2) is 15.0 Å². The van der Waals surface area contributed by atoms with Gasteiger partial charge in [0.15, 0.2) is 17.5 Å². The van der Waals surface area contributed by atoms with Gasteiger partial charge in [0.1, 0.15) is 0 Å². The van der Waals surface area contributed by atoms with Gasteiger partial charge in [0.25, 0.3) is 0 Å². The molecule has 0 amide bonds. The molecule has 0 aliphatic heterocycles. The van der Waals surface area contributed by atoms with Crippen LogP contribution in [0.2, 0.25) is 5.02 Å². The Labute approximate surface area is 153 Å². The van der Waals surface area contributed by atoms with Gasteiger partial charge in [0, 0.05) is 16.1 Å². The van der Waals surface area contributed by atoms with Gasteiger partial charge in [-0.3, -0.25) is 0 Å². The molecule has 0 spiro atoms. The van der Waals surface area contributed by atoms with Gasteiger partial charge >= 0.3 is 0 Å². The first-order valence-corrected chi connectivity index (χ1v) is 8.09. The highest BCUT2D eigenvalue weighted by atomic mass is 35.6. The lowest BCUT2D eigenvalue weighted by Crippen LogP contribution is -2.11. The van der Waals surface area contributed by atoms with E-state index < -0.39 is 3.79 Å². The zero-order valence-corrected chi connectivity index (χ0v) is 14.6. The van der Waals surface area contributed by atoms with Crippen molar-refractivity contribution in [3.8, 4) is 22.8 Å². The lowest BCUT2D eigenvalue weighted by Gasteiger charge is -2.12. The molecular weight excluding hydrogens is 376 g/mol. The maximum atomic E-state index is 5.96. The Bertz CT molecular complexity index is 815. The number of aromatic nitrogens is 3. The van der Waals surface area contributed by atoms with Crippen molar-refractivity contribution in [2.75, 3.05) is 0 Å². The summed E-state index contributed by atoms with van der Waals surface area (Å²) in [5.41, 5.74) is 1.56. The minimum absolute atomic E-state index is 0.0707. The molecule has 23 heavy (non-hydrogen) atoms.